The molecule has 6 nitrogen and oxygen atoms in total. The Hall–Kier alpha value is -3.32. The van der Waals surface area contributed by atoms with Crippen molar-refractivity contribution in [3.8, 4) is 16.9 Å². The van der Waals surface area contributed by atoms with Crippen LogP contribution in [0, 0.1) is 12.3 Å². The molecule has 0 aliphatic rings. The highest BCUT2D eigenvalue weighted by Crippen LogP contribution is 2.33. The van der Waals surface area contributed by atoms with Crippen LogP contribution in [0.1, 0.15) is 42.4 Å². The van der Waals surface area contributed by atoms with E-state index >= 15 is 0 Å². The van der Waals surface area contributed by atoms with E-state index in [9.17, 15) is 9.59 Å². The summed E-state index contributed by atoms with van der Waals surface area (Å²) in [6.45, 7) is 7.87. The van der Waals surface area contributed by atoms with Crippen LogP contribution in [0.5, 0.6) is 0 Å². The average molecular weight is 584 g/mol. The molecule has 9 heteroatoms. The molecule has 2 amide bonds. The Kier molecular flexibility index (Phi) is 8.70. The van der Waals surface area contributed by atoms with Crippen LogP contribution in [0.2, 0.25) is 15.1 Å². The van der Waals surface area contributed by atoms with Crippen molar-refractivity contribution in [3.05, 3.63) is 105 Å². The number of halogens is 3. The van der Waals surface area contributed by atoms with Gasteiger partial charge in [0.1, 0.15) is 6.04 Å². The van der Waals surface area contributed by atoms with Crippen molar-refractivity contribution in [3.63, 3.8) is 0 Å². The second-order valence-corrected chi connectivity index (χ2v) is 11.6. The maximum Gasteiger partial charge on any atom is 0.272 e. The Labute approximate surface area is 243 Å². The number of aromatic nitrogens is 2. The fourth-order valence-corrected chi connectivity index (χ4v) is 4.86. The van der Waals surface area contributed by atoms with Gasteiger partial charge in [0.25, 0.3) is 5.91 Å². The number of nitrogens with zero attached hydrogens (tertiary/aromatic N) is 2. The van der Waals surface area contributed by atoms with Gasteiger partial charge in [-0.15, -0.1) is 0 Å². The van der Waals surface area contributed by atoms with Crippen molar-refractivity contribution in [1.82, 2.24) is 20.4 Å². The molecule has 0 radical (unpaired) electrons. The molecule has 0 bridgehead atoms. The molecular formula is C30H29Cl3N4O2. The molecule has 39 heavy (non-hydrogen) atoms. The zero-order chi connectivity index (χ0) is 28.3. The molecule has 202 valence electrons. The van der Waals surface area contributed by atoms with Gasteiger partial charge in [0.05, 0.1) is 16.4 Å². The van der Waals surface area contributed by atoms with Crippen LogP contribution >= 0.6 is 34.8 Å². The van der Waals surface area contributed by atoms with Gasteiger partial charge in [-0.2, -0.15) is 5.10 Å². The van der Waals surface area contributed by atoms with E-state index in [1.54, 1.807) is 35.0 Å². The minimum Gasteiger partial charge on any atom is -0.350 e. The van der Waals surface area contributed by atoms with Gasteiger partial charge in [-0.05, 0) is 48.2 Å². The largest absolute Gasteiger partial charge is 0.350 e. The molecular weight excluding hydrogens is 555 g/mol. The molecule has 2 N–H and O–H groups in total. The van der Waals surface area contributed by atoms with Gasteiger partial charge in [0.15, 0.2) is 5.69 Å². The molecule has 1 unspecified atom stereocenters. The topological polar surface area (TPSA) is 76.0 Å². The summed E-state index contributed by atoms with van der Waals surface area (Å²) in [5.74, 6) is -0.753. The fourth-order valence-electron chi connectivity index (χ4n) is 4.25. The van der Waals surface area contributed by atoms with Crippen molar-refractivity contribution in [1.29, 1.82) is 0 Å². The van der Waals surface area contributed by atoms with Crippen molar-refractivity contribution >= 4 is 46.6 Å². The monoisotopic (exact) mass is 582 g/mol. The Morgan fingerprint density at radius 3 is 2.18 bits per heavy atom. The summed E-state index contributed by atoms with van der Waals surface area (Å²) >= 11 is 18.8. The average Bonchev–Trinajstić information content (AvgIpc) is 3.23. The standard InChI is InChI=1S/C30H29Cl3N4O2/c1-18-25(28(38)35-27(30(2,3)4)29(39)34-17-19-8-6-5-7-9-19)36-37(24-15-14-22(32)16-23(24)33)26(18)20-10-12-21(31)13-11-20/h5-16,27H,17H2,1-4H3,(H,34,39)(H,35,38). The summed E-state index contributed by atoms with van der Waals surface area (Å²) in [4.78, 5) is 26.9. The maximum atomic E-state index is 13.7. The zero-order valence-corrected chi connectivity index (χ0v) is 24.3. The number of carbonyl (C=O) groups excluding carboxylic acids is 2. The number of rotatable bonds is 7. The van der Waals surface area contributed by atoms with E-state index < -0.39 is 17.4 Å². The molecule has 0 saturated carbocycles. The van der Waals surface area contributed by atoms with E-state index in [1.165, 1.54) is 0 Å². The first-order valence-corrected chi connectivity index (χ1v) is 13.5. The van der Waals surface area contributed by atoms with Crippen LogP contribution in [0.3, 0.4) is 0 Å². The molecule has 1 atom stereocenters. The van der Waals surface area contributed by atoms with Crippen LogP contribution in [0.15, 0.2) is 72.8 Å². The van der Waals surface area contributed by atoms with Crippen LogP contribution in [-0.2, 0) is 11.3 Å². The van der Waals surface area contributed by atoms with E-state index in [1.807, 2.05) is 70.2 Å². The summed E-state index contributed by atoms with van der Waals surface area (Å²) in [6.07, 6.45) is 0. The van der Waals surface area contributed by atoms with Gasteiger partial charge in [-0.1, -0.05) is 98.0 Å². The summed E-state index contributed by atoms with van der Waals surface area (Å²) in [5, 5.41) is 12.0. The SMILES string of the molecule is Cc1c(C(=O)NC(C(=O)NCc2ccccc2)C(C)(C)C)nn(-c2ccc(Cl)cc2Cl)c1-c1ccc(Cl)cc1. The van der Waals surface area contributed by atoms with E-state index in [0.29, 0.717) is 38.6 Å². The highest BCUT2D eigenvalue weighted by Gasteiger charge is 2.34. The van der Waals surface area contributed by atoms with E-state index in [2.05, 4.69) is 15.7 Å². The highest BCUT2D eigenvalue weighted by atomic mass is 35.5. The molecule has 1 heterocycles. The molecule has 4 rings (SSSR count). The molecule has 0 fully saturated rings. The van der Waals surface area contributed by atoms with E-state index in [0.717, 1.165) is 11.1 Å². The molecule has 4 aromatic rings. The fraction of sp³-hybridized carbons (Fsp3) is 0.233. The molecule has 0 saturated heterocycles. The van der Waals surface area contributed by atoms with Gasteiger partial charge in [0, 0.05) is 27.7 Å². The Bertz CT molecular complexity index is 1490. The first-order valence-electron chi connectivity index (χ1n) is 12.4. The Morgan fingerprint density at radius 1 is 0.923 bits per heavy atom. The lowest BCUT2D eigenvalue weighted by molar-refractivity contribution is -0.125. The third-order valence-corrected chi connectivity index (χ3v) is 7.10. The number of benzene rings is 3. The van der Waals surface area contributed by atoms with Crippen molar-refractivity contribution in [2.45, 2.75) is 40.3 Å². The lowest BCUT2D eigenvalue weighted by Gasteiger charge is -2.30. The third-order valence-electron chi connectivity index (χ3n) is 6.31. The zero-order valence-electron chi connectivity index (χ0n) is 22.1. The second kappa shape index (κ2) is 11.8. The van der Waals surface area contributed by atoms with Gasteiger partial charge >= 0.3 is 0 Å². The lowest BCUT2D eigenvalue weighted by Crippen LogP contribution is -2.53. The quantitative estimate of drug-likeness (QED) is 0.240. The predicted molar refractivity (Wildman–Crippen MR) is 158 cm³/mol. The minimum atomic E-state index is -0.809. The van der Waals surface area contributed by atoms with Gasteiger partial charge in [-0.25, -0.2) is 4.68 Å². The van der Waals surface area contributed by atoms with Gasteiger partial charge in [-0.3, -0.25) is 9.59 Å². The van der Waals surface area contributed by atoms with Crippen molar-refractivity contribution in [2.24, 2.45) is 5.41 Å². The Morgan fingerprint density at radius 2 is 1.56 bits per heavy atom. The Balaban J connectivity index is 1.70. The lowest BCUT2D eigenvalue weighted by atomic mass is 9.86. The van der Waals surface area contributed by atoms with Crippen LogP contribution in [-0.4, -0.2) is 27.6 Å². The van der Waals surface area contributed by atoms with E-state index in [-0.39, 0.29) is 11.6 Å². The third kappa shape index (κ3) is 6.64. The minimum absolute atomic E-state index is 0.177. The summed E-state index contributed by atoms with van der Waals surface area (Å²) < 4.78 is 1.62. The molecule has 1 aromatic heterocycles. The van der Waals surface area contributed by atoms with Crippen molar-refractivity contribution < 1.29 is 9.59 Å². The molecule has 3 aromatic carbocycles. The first-order chi connectivity index (χ1) is 18.5. The van der Waals surface area contributed by atoms with Crippen LogP contribution in [0.4, 0.5) is 0 Å². The van der Waals surface area contributed by atoms with Crippen LogP contribution < -0.4 is 10.6 Å². The first kappa shape index (κ1) is 28.7. The molecule has 0 aliphatic carbocycles. The molecule has 0 spiro atoms. The maximum absolute atomic E-state index is 13.7. The number of nitrogens with one attached hydrogen (secondary N) is 2. The van der Waals surface area contributed by atoms with Crippen LogP contribution in [0.25, 0.3) is 16.9 Å². The summed E-state index contributed by atoms with van der Waals surface area (Å²) in [5.41, 5.74) is 3.22. The molecule has 0 aliphatic heterocycles. The number of hydrogen-bond acceptors (Lipinski definition) is 3. The van der Waals surface area contributed by atoms with Gasteiger partial charge in [0.2, 0.25) is 5.91 Å². The predicted octanol–water partition coefficient (Wildman–Crippen LogP) is 7.27. The summed E-state index contributed by atoms with van der Waals surface area (Å²) in [7, 11) is 0. The smallest absolute Gasteiger partial charge is 0.272 e. The highest BCUT2D eigenvalue weighted by molar-refractivity contribution is 6.35. The number of amides is 2. The second-order valence-electron chi connectivity index (χ2n) is 10.3. The summed E-state index contributed by atoms with van der Waals surface area (Å²) in [6, 6.07) is 21.1. The normalized spacial score (nSPS) is 12.2. The number of hydrogen-bond donors (Lipinski definition) is 2. The van der Waals surface area contributed by atoms with Crippen molar-refractivity contribution in [2.75, 3.05) is 0 Å². The number of carbonyl (C=O) groups is 2. The van der Waals surface area contributed by atoms with E-state index in [4.69, 9.17) is 34.8 Å². The van der Waals surface area contributed by atoms with Gasteiger partial charge < -0.3 is 10.6 Å².